The van der Waals surface area contributed by atoms with Gasteiger partial charge in [0.1, 0.15) is 19.0 Å². The standard InChI is InChI=1S/C19H29NO6/c1-19(2,3)26-17(21)11-10-16(13-24-14-23-4)20-18(22)25-12-15-8-6-5-7-9-15/h5-9,16H,10-14H2,1-4H3,(H,20,22)/t16-/m0/s1. The molecule has 26 heavy (non-hydrogen) atoms. The van der Waals surface area contributed by atoms with Gasteiger partial charge < -0.3 is 24.3 Å². The molecule has 0 aliphatic heterocycles. The summed E-state index contributed by atoms with van der Waals surface area (Å²) >= 11 is 0. The number of carbonyl (C=O) groups excluding carboxylic acids is 2. The highest BCUT2D eigenvalue weighted by molar-refractivity contribution is 5.70. The van der Waals surface area contributed by atoms with E-state index in [-0.39, 0.29) is 38.4 Å². The van der Waals surface area contributed by atoms with Crippen LogP contribution in [0.2, 0.25) is 0 Å². The van der Waals surface area contributed by atoms with Crippen molar-refractivity contribution in [1.29, 1.82) is 0 Å². The zero-order chi connectivity index (χ0) is 19.4. The Morgan fingerprint density at radius 2 is 1.85 bits per heavy atom. The number of amides is 1. The van der Waals surface area contributed by atoms with Crippen LogP contribution in [0, 0.1) is 0 Å². The predicted octanol–water partition coefficient (Wildman–Crippen LogP) is 3.02. The number of hydrogen-bond donors (Lipinski definition) is 1. The first-order chi connectivity index (χ1) is 12.3. The minimum Gasteiger partial charge on any atom is -0.460 e. The van der Waals surface area contributed by atoms with Crippen LogP contribution in [0.1, 0.15) is 39.2 Å². The second kappa shape index (κ2) is 11.5. The molecule has 146 valence electrons. The van der Waals surface area contributed by atoms with E-state index in [1.807, 2.05) is 51.1 Å². The van der Waals surface area contributed by atoms with Crippen LogP contribution in [0.25, 0.3) is 0 Å². The highest BCUT2D eigenvalue weighted by Crippen LogP contribution is 2.10. The third-order valence-electron chi connectivity index (χ3n) is 3.17. The van der Waals surface area contributed by atoms with E-state index in [1.165, 1.54) is 7.11 Å². The summed E-state index contributed by atoms with van der Waals surface area (Å²) in [5, 5.41) is 2.71. The van der Waals surface area contributed by atoms with E-state index in [0.717, 1.165) is 5.56 Å². The molecule has 1 rings (SSSR count). The molecular weight excluding hydrogens is 338 g/mol. The van der Waals surface area contributed by atoms with E-state index >= 15 is 0 Å². The smallest absolute Gasteiger partial charge is 0.407 e. The first-order valence-corrected chi connectivity index (χ1v) is 8.56. The van der Waals surface area contributed by atoms with E-state index in [0.29, 0.717) is 6.42 Å². The van der Waals surface area contributed by atoms with Crippen molar-refractivity contribution >= 4 is 12.1 Å². The molecule has 0 radical (unpaired) electrons. The van der Waals surface area contributed by atoms with Crippen LogP contribution in [0.4, 0.5) is 4.79 Å². The average molecular weight is 367 g/mol. The minimum absolute atomic E-state index is 0.101. The van der Waals surface area contributed by atoms with Crippen molar-refractivity contribution < 1.29 is 28.5 Å². The van der Waals surface area contributed by atoms with E-state index in [4.69, 9.17) is 18.9 Å². The molecule has 0 aliphatic rings. The molecule has 0 saturated carbocycles. The van der Waals surface area contributed by atoms with Crippen molar-refractivity contribution in [3.05, 3.63) is 35.9 Å². The fourth-order valence-corrected chi connectivity index (χ4v) is 2.09. The van der Waals surface area contributed by atoms with Crippen molar-refractivity contribution in [3.8, 4) is 0 Å². The van der Waals surface area contributed by atoms with Crippen molar-refractivity contribution in [3.63, 3.8) is 0 Å². The number of methoxy groups -OCH3 is 1. The molecule has 0 saturated heterocycles. The maximum Gasteiger partial charge on any atom is 0.407 e. The molecule has 0 unspecified atom stereocenters. The van der Waals surface area contributed by atoms with Gasteiger partial charge in [-0.2, -0.15) is 0 Å². The normalized spacial score (nSPS) is 12.3. The second-order valence-corrected chi connectivity index (χ2v) is 6.81. The summed E-state index contributed by atoms with van der Waals surface area (Å²) < 4.78 is 20.6. The molecule has 0 aliphatic carbocycles. The Hall–Kier alpha value is -2.12. The molecule has 1 atom stereocenters. The summed E-state index contributed by atoms with van der Waals surface area (Å²) in [5.41, 5.74) is 0.352. The summed E-state index contributed by atoms with van der Waals surface area (Å²) in [7, 11) is 1.51. The van der Waals surface area contributed by atoms with Crippen LogP contribution in [0.5, 0.6) is 0 Å². The van der Waals surface area contributed by atoms with Gasteiger partial charge in [0.15, 0.2) is 0 Å². The van der Waals surface area contributed by atoms with Gasteiger partial charge in [0.05, 0.1) is 12.6 Å². The number of nitrogens with one attached hydrogen (secondary N) is 1. The zero-order valence-corrected chi connectivity index (χ0v) is 15.9. The Bertz CT molecular complexity index is 541. The van der Waals surface area contributed by atoms with Gasteiger partial charge in [-0.05, 0) is 32.8 Å². The lowest BCUT2D eigenvalue weighted by molar-refractivity contribution is -0.155. The SMILES string of the molecule is COCOC[C@H](CCC(=O)OC(C)(C)C)NC(=O)OCc1ccccc1. The third kappa shape index (κ3) is 10.7. The first kappa shape index (κ1) is 21.9. The second-order valence-electron chi connectivity index (χ2n) is 6.81. The van der Waals surface area contributed by atoms with Crippen LogP contribution < -0.4 is 5.32 Å². The Morgan fingerprint density at radius 3 is 2.46 bits per heavy atom. The first-order valence-electron chi connectivity index (χ1n) is 8.56. The number of carbonyl (C=O) groups is 2. The van der Waals surface area contributed by atoms with Gasteiger partial charge >= 0.3 is 12.1 Å². The van der Waals surface area contributed by atoms with Crippen LogP contribution in [-0.4, -0.2) is 44.2 Å². The third-order valence-corrected chi connectivity index (χ3v) is 3.17. The van der Waals surface area contributed by atoms with Gasteiger partial charge in [-0.1, -0.05) is 30.3 Å². The van der Waals surface area contributed by atoms with Gasteiger partial charge in [-0.15, -0.1) is 0 Å². The average Bonchev–Trinajstić information content (AvgIpc) is 2.57. The molecule has 1 amide bonds. The number of rotatable bonds is 10. The zero-order valence-electron chi connectivity index (χ0n) is 15.9. The molecular formula is C19H29NO6. The van der Waals surface area contributed by atoms with Crippen molar-refractivity contribution in [2.45, 2.75) is 51.9 Å². The van der Waals surface area contributed by atoms with E-state index < -0.39 is 11.7 Å². The highest BCUT2D eigenvalue weighted by Gasteiger charge is 2.19. The molecule has 0 aromatic heterocycles. The van der Waals surface area contributed by atoms with Gasteiger partial charge in [-0.25, -0.2) is 4.79 Å². The topological polar surface area (TPSA) is 83.1 Å². The Balaban J connectivity index is 2.45. The van der Waals surface area contributed by atoms with Crippen molar-refractivity contribution in [2.24, 2.45) is 0 Å². The number of benzene rings is 1. The largest absolute Gasteiger partial charge is 0.460 e. The number of esters is 1. The summed E-state index contributed by atoms with van der Waals surface area (Å²) in [4.78, 5) is 23.9. The molecule has 1 N–H and O–H groups in total. The van der Waals surface area contributed by atoms with E-state index in [1.54, 1.807) is 0 Å². The Kier molecular flexibility index (Phi) is 9.69. The van der Waals surface area contributed by atoms with Crippen LogP contribution in [-0.2, 0) is 30.3 Å². The molecule has 7 nitrogen and oxygen atoms in total. The summed E-state index contributed by atoms with van der Waals surface area (Å²) in [6, 6.07) is 8.99. The number of alkyl carbamates (subject to hydrolysis) is 1. The Morgan fingerprint density at radius 1 is 1.15 bits per heavy atom. The van der Waals surface area contributed by atoms with Crippen LogP contribution in [0.3, 0.4) is 0 Å². The monoisotopic (exact) mass is 367 g/mol. The van der Waals surface area contributed by atoms with Gasteiger partial charge in [0.25, 0.3) is 0 Å². The number of ether oxygens (including phenoxy) is 4. The van der Waals surface area contributed by atoms with Crippen LogP contribution in [0.15, 0.2) is 30.3 Å². The lowest BCUT2D eigenvalue weighted by atomic mass is 10.1. The summed E-state index contributed by atoms with van der Waals surface area (Å²) in [6.45, 7) is 5.90. The maximum absolute atomic E-state index is 12.0. The Labute approximate surface area is 155 Å². The quantitative estimate of drug-likeness (QED) is 0.389. The van der Waals surface area contributed by atoms with Crippen molar-refractivity contribution in [2.75, 3.05) is 20.5 Å². The highest BCUT2D eigenvalue weighted by atomic mass is 16.7. The van der Waals surface area contributed by atoms with E-state index in [9.17, 15) is 9.59 Å². The predicted molar refractivity (Wildman–Crippen MR) is 96.5 cm³/mol. The number of hydrogen-bond acceptors (Lipinski definition) is 6. The van der Waals surface area contributed by atoms with Crippen molar-refractivity contribution in [1.82, 2.24) is 5.32 Å². The lowest BCUT2D eigenvalue weighted by Gasteiger charge is -2.21. The molecule has 1 aromatic carbocycles. The minimum atomic E-state index is -0.566. The molecule has 0 bridgehead atoms. The molecule has 0 spiro atoms. The molecule has 1 aromatic rings. The van der Waals surface area contributed by atoms with Gasteiger partial charge in [0, 0.05) is 13.5 Å². The lowest BCUT2D eigenvalue weighted by Crippen LogP contribution is -2.39. The summed E-state index contributed by atoms with van der Waals surface area (Å²) in [6.07, 6.45) is -0.0277. The summed E-state index contributed by atoms with van der Waals surface area (Å²) in [5.74, 6) is -0.325. The molecule has 0 fully saturated rings. The molecule has 0 heterocycles. The fraction of sp³-hybridized carbons (Fsp3) is 0.579. The fourth-order valence-electron chi connectivity index (χ4n) is 2.09. The van der Waals surface area contributed by atoms with Gasteiger partial charge in [0.2, 0.25) is 0 Å². The van der Waals surface area contributed by atoms with Gasteiger partial charge in [-0.3, -0.25) is 4.79 Å². The van der Waals surface area contributed by atoms with Crippen LogP contribution >= 0.6 is 0 Å². The van der Waals surface area contributed by atoms with E-state index in [2.05, 4.69) is 5.32 Å². The molecule has 7 heteroatoms. The maximum atomic E-state index is 12.0.